The summed E-state index contributed by atoms with van der Waals surface area (Å²) in [6.07, 6.45) is 1.69. The quantitative estimate of drug-likeness (QED) is 0.260. The lowest BCUT2D eigenvalue weighted by Gasteiger charge is -2.29. The highest BCUT2D eigenvalue weighted by atomic mass is 35.5. The molecule has 0 bridgehead atoms. The third-order valence-corrected chi connectivity index (χ3v) is 8.57. The number of amides is 1. The lowest BCUT2D eigenvalue weighted by molar-refractivity contribution is -0.127. The molecule has 1 aliphatic rings. The van der Waals surface area contributed by atoms with Crippen molar-refractivity contribution in [3.8, 4) is 11.3 Å². The van der Waals surface area contributed by atoms with E-state index >= 15 is 0 Å². The molecular weight excluding hydrogens is 577 g/mol. The fraction of sp³-hybridized carbons (Fsp3) is 0.207. The highest BCUT2D eigenvalue weighted by Crippen LogP contribution is 2.32. The van der Waals surface area contributed by atoms with Gasteiger partial charge in [-0.2, -0.15) is 0 Å². The van der Waals surface area contributed by atoms with Crippen LogP contribution in [0.1, 0.15) is 38.1 Å². The topological polar surface area (TPSA) is 67.8 Å². The summed E-state index contributed by atoms with van der Waals surface area (Å²) in [6, 6.07) is 15.4. The average molecular weight is 601 g/mol. The zero-order valence-corrected chi connectivity index (χ0v) is 24.5. The van der Waals surface area contributed by atoms with E-state index in [2.05, 4.69) is 0 Å². The maximum Gasteiger partial charge on any atom is 0.271 e. The van der Waals surface area contributed by atoms with Crippen LogP contribution >= 0.6 is 46.1 Å². The Hall–Kier alpha value is -3.10. The molecule has 0 spiro atoms. The Morgan fingerprint density at radius 2 is 1.77 bits per heavy atom. The second-order valence-corrected chi connectivity index (χ2v) is 11.2. The number of hydrogen-bond donors (Lipinski definition) is 0. The number of hydrogen-bond acceptors (Lipinski definition) is 5. The average Bonchev–Trinajstić information content (AvgIpc) is 3.50. The number of fused-ring (bicyclic) bond motifs is 1. The molecule has 6 nitrogen and oxygen atoms in total. The highest BCUT2D eigenvalue weighted by Gasteiger charge is 2.34. The van der Waals surface area contributed by atoms with Crippen LogP contribution in [0.3, 0.4) is 0 Å². The first-order valence-corrected chi connectivity index (χ1v) is 14.3. The minimum absolute atomic E-state index is 0.146. The van der Waals surface area contributed by atoms with Crippen molar-refractivity contribution in [1.29, 1.82) is 0 Å². The molecule has 3 heterocycles. The number of rotatable bonds is 6. The third-order valence-electron chi connectivity index (χ3n) is 6.59. The van der Waals surface area contributed by atoms with Gasteiger partial charge in [-0.15, -0.1) is 0 Å². The van der Waals surface area contributed by atoms with Crippen molar-refractivity contribution in [2.45, 2.75) is 26.8 Å². The summed E-state index contributed by atoms with van der Waals surface area (Å²) in [6.45, 7) is 6.76. The Morgan fingerprint density at radius 3 is 2.44 bits per heavy atom. The fourth-order valence-electron chi connectivity index (χ4n) is 4.60. The normalized spacial score (nSPS) is 15.3. The Labute approximate surface area is 244 Å². The van der Waals surface area contributed by atoms with Crippen molar-refractivity contribution in [2.24, 2.45) is 4.99 Å². The van der Waals surface area contributed by atoms with Gasteiger partial charge in [-0.25, -0.2) is 4.99 Å². The van der Waals surface area contributed by atoms with Gasteiger partial charge < -0.3 is 9.32 Å². The second kappa shape index (κ2) is 11.2. The van der Waals surface area contributed by atoms with E-state index in [-0.39, 0.29) is 11.5 Å². The van der Waals surface area contributed by atoms with Crippen molar-refractivity contribution in [2.75, 3.05) is 13.1 Å². The molecule has 4 aromatic rings. The highest BCUT2D eigenvalue weighted by molar-refractivity contribution is 7.07. The predicted octanol–water partition coefficient (Wildman–Crippen LogP) is 6.32. The van der Waals surface area contributed by atoms with E-state index < -0.39 is 6.04 Å². The molecule has 5 rings (SSSR count). The zero-order valence-electron chi connectivity index (χ0n) is 21.4. The molecular formula is C29H24Cl3N3O3S. The Kier molecular flexibility index (Phi) is 7.87. The number of thiazole rings is 1. The van der Waals surface area contributed by atoms with E-state index in [4.69, 9.17) is 44.2 Å². The van der Waals surface area contributed by atoms with Gasteiger partial charge in [-0.3, -0.25) is 14.2 Å². The number of benzene rings is 2. The third kappa shape index (κ3) is 5.24. The largest absolute Gasteiger partial charge is 0.457 e. The summed E-state index contributed by atoms with van der Waals surface area (Å²) in [7, 11) is 0. The van der Waals surface area contributed by atoms with Crippen LogP contribution in [0.15, 0.2) is 80.1 Å². The number of aromatic nitrogens is 1. The monoisotopic (exact) mass is 599 g/mol. The van der Waals surface area contributed by atoms with Crippen LogP contribution in [0.25, 0.3) is 17.4 Å². The molecule has 0 unspecified atom stereocenters. The first-order chi connectivity index (χ1) is 18.7. The van der Waals surface area contributed by atoms with Gasteiger partial charge >= 0.3 is 0 Å². The zero-order chi connectivity index (χ0) is 27.8. The molecule has 1 aliphatic heterocycles. The van der Waals surface area contributed by atoms with E-state index in [1.54, 1.807) is 45.9 Å². The van der Waals surface area contributed by atoms with E-state index in [9.17, 15) is 9.59 Å². The van der Waals surface area contributed by atoms with Gasteiger partial charge in [0.15, 0.2) is 4.80 Å². The van der Waals surface area contributed by atoms with Crippen LogP contribution in [0.4, 0.5) is 0 Å². The van der Waals surface area contributed by atoms with Crippen molar-refractivity contribution < 1.29 is 9.21 Å². The molecule has 1 amide bonds. The molecule has 200 valence electrons. The molecule has 0 saturated heterocycles. The number of allylic oxidation sites excluding steroid dienone is 1. The minimum atomic E-state index is -0.642. The number of nitrogens with zero attached hydrogens (tertiary/aromatic N) is 3. The number of carbonyl (C=O) groups excluding carboxylic acids is 1. The van der Waals surface area contributed by atoms with Crippen LogP contribution in [0.5, 0.6) is 0 Å². The van der Waals surface area contributed by atoms with Crippen molar-refractivity contribution in [3.63, 3.8) is 0 Å². The van der Waals surface area contributed by atoms with Gasteiger partial charge in [0.1, 0.15) is 11.5 Å². The van der Waals surface area contributed by atoms with Crippen molar-refractivity contribution in [3.05, 3.63) is 112 Å². The van der Waals surface area contributed by atoms with Crippen molar-refractivity contribution >= 4 is 58.1 Å². The molecule has 0 radical (unpaired) electrons. The first kappa shape index (κ1) is 27.5. The van der Waals surface area contributed by atoms with Gasteiger partial charge in [-0.1, -0.05) is 58.3 Å². The van der Waals surface area contributed by atoms with Gasteiger partial charge in [0, 0.05) is 29.8 Å². The van der Waals surface area contributed by atoms with Crippen LogP contribution in [0, 0.1) is 0 Å². The molecule has 10 heteroatoms. The first-order valence-electron chi connectivity index (χ1n) is 12.3. The summed E-state index contributed by atoms with van der Waals surface area (Å²) < 4.78 is 8.03. The standard InChI is InChI=1S/C29H24Cl3N3O3S/c1-4-34(5-2)28(37)25-16(3)33-29-35(26(25)17-6-9-19(30)10-7-17)27(36)24(39-29)15-20-11-13-23(38-20)18-8-12-21(31)22(32)14-18/h6-15,26H,4-5H2,1-3H3/b24-15+/t26-/m1/s1. The maximum atomic E-state index is 13.8. The van der Waals surface area contributed by atoms with Crippen molar-refractivity contribution in [1.82, 2.24) is 9.47 Å². The molecule has 0 saturated carbocycles. The van der Waals surface area contributed by atoms with Gasteiger partial charge in [0.25, 0.3) is 11.5 Å². The molecule has 2 aromatic heterocycles. The number of furan rings is 1. The summed E-state index contributed by atoms with van der Waals surface area (Å²) in [4.78, 5) is 34.4. The Bertz CT molecular complexity index is 1780. The maximum absolute atomic E-state index is 13.8. The lowest BCUT2D eigenvalue weighted by Crippen LogP contribution is -2.43. The van der Waals surface area contributed by atoms with Crippen LogP contribution in [0.2, 0.25) is 15.1 Å². The number of carbonyl (C=O) groups is 1. The minimum Gasteiger partial charge on any atom is -0.457 e. The second-order valence-electron chi connectivity index (χ2n) is 8.94. The molecule has 0 fully saturated rings. The molecule has 1 atom stereocenters. The molecule has 39 heavy (non-hydrogen) atoms. The molecule has 0 aliphatic carbocycles. The van der Waals surface area contributed by atoms with E-state index in [0.29, 0.717) is 60.3 Å². The Morgan fingerprint density at radius 1 is 1.05 bits per heavy atom. The molecule has 2 aromatic carbocycles. The summed E-state index contributed by atoms with van der Waals surface area (Å²) in [5, 5.41) is 1.45. The Balaban J connectivity index is 1.63. The van der Waals surface area contributed by atoms with Crippen LogP contribution < -0.4 is 14.9 Å². The summed E-state index contributed by atoms with van der Waals surface area (Å²) >= 11 is 19.6. The summed E-state index contributed by atoms with van der Waals surface area (Å²) in [5.41, 5.74) is 2.34. The van der Waals surface area contributed by atoms with Crippen LogP contribution in [-0.2, 0) is 4.79 Å². The SMILES string of the molecule is CCN(CC)C(=O)C1=C(C)N=c2s/c(=C/c3ccc(-c4ccc(Cl)c(Cl)c4)o3)c(=O)n2[C@@H]1c1ccc(Cl)cc1. The lowest BCUT2D eigenvalue weighted by atomic mass is 9.94. The van der Waals surface area contributed by atoms with Gasteiger partial charge in [0.2, 0.25) is 0 Å². The summed E-state index contributed by atoms with van der Waals surface area (Å²) in [5.74, 6) is 0.946. The van der Waals surface area contributed by atoms with E-state index in [0.717, 1.165) is 11.1 Å². The fourth-order valence-corrected chi connectivity index (χ4v) is 6.05. The number of halogens is 3. The van der Waals surface area contributed by atoms with E-state index in [1.807, 2.05) is 45.0 Å². The van der Waals surface area contributed by atoms with Gasteiger partial charge in [0.05, 0.1) is 31.9 Å². The molecule has 0 N–H and O–H groups in total. The number of likely N-dealkylation sites (N-methyl/N-ethyl adjacent to an activating group) is 1. The van der Waals surface area contributed by atoms with E-state index in [1.165, 1.54) is 11.3 Å². The predicted molar refractivity (Wildman–Crippen MR) is 157 cm³/mol. The smallest absolute Gasteiger partial charge is 0.271 e. The van der Waals surface area contributed by atoms with Crippen LogP contribution in [-0.4, -0.2) is 28.5 Å². The van der Waals surface area contributed by atoms with Gasteiger partial charge in [-0.05, 0) is 68.8 Å².